The Balaban J connectivity index is 2.58. The van der Waals surface area contributed by atoms with Crippen LogP contribution < -0.4 is 5.73 Å². The van der Waals surface area contributed by atoms with E-state index in [0.717, 1.165) is 0 Å². The maximum atomic E-state index is 12.9. The average molecular weight is 272 g/mol. The number of hydrogen-bond donors (Lipinski definition) is 3. The number of carbonyl (C=O) groups is 1. The summed E-state index contributed by atoms with van der Waals surface area (Å²) in [5.74, 6) is -1.33. The molecule has 0 saturated heterocycles. The topological polar surface area (TPSA) is 79.1 Å². The van der Waals surface area contributed by atoms with Crippen LogP contribution in [0.3, 0.4) is 0 Å². The first kappa shape index (κ1) is 13.4. The van der Waals surface area contributed by atoms with Crippen molar-refractivity contribution in [2.75, 3.05) is 0 Å². The predicted octanol–water partition coefficient (Wildman–Crippen LogP) is 2.14. The molecule has 0 spiro atoms. The molecule has 1 atom stereocenters. The van der Waals surface area contributed by atoms with Crippen molar-refractivity contribution in [2.45, 2.75) is 18.6 Å². The summed E-state index contributed by atoms with van der Waals surface area (Å²) in [6.45, 7) is 0. The Labute approximate surface area is 106 Å². The Morgan fingerprint density at radius 1 is 1.37 bits per heavy atom. The summed E-state index contributed by atoms with van der Waals surface area (Å²) in [4.78, 5) is 13.0. The summed E-state index contributed by atoms with van der Waals surface area (Å²) in [5.41, 5.74) is 4.59. The molecule has 2 rings (SSSR count). The van der Waals surface area contributed by atoms with Crippen molar-refractivity contribution in [3.05, 3.63) is 35.5 Å². The number of rotatable bonds is 3. The molecular weight excluding hydrogens is 261 g/mol. The third kappa shape index (κ3) is 2.55. The molecule has 7 heteroatoms. The van der Waals surface area contributed by atoms with E-state index in [1.54, 1.807) is 12.1 Å². The minimum Gasteiger partial charge on any atom is -0.480 e. The van der Waals surface area contributed by atoms with Gasteiger partial charge in [0, 0.05) is 17.3 Å². The third-order valence-electron chi connectivity index (χ3n) is 2.84. The fourth-order valence-electron chi connectivity index (χ4n) is 1.96. The van der Waals surface area contributed by atoms with Crippen LogP contribution in [-0.2, 0) is 17.4 Å². The summed E-state index contributed by atoms with van der Waals surface area (Å²) < 4.78 is 38.8. The minimum atomic E-state index is -4.58. The Kier molecular flexibility index (Phi) is 3.23. The maximum absolute atomic E-state index is 12.9. The zero-order valence-corrected chi connectivity index (χ0v) is 9.66. The predicted molar refractivity (Wildman–Crippen MR) is 62.6 cm³/mol. The summed E-state index contributed by atoms with van der Waals surface area (Å²) in [6, 6.07) is 4.82. The molecule has 0 bridgehead atoms. The van der Waals surface area contributed by atoms with Gasteiger partial charge in [0.2, 0.25) is 0 Å². The minimum absolute atomic E-state index is 0.113. The Morgan fingerprint density at radius 3 is 2.58 bits per heavy atom. The van der Waals surface area contributed by atoms with E-state index in [2.05, 4.69) is 4.98 Å². The zero-order valence-electron chi connectivity index (χ0n) is 9.66. The molecule has 0 aliphatic heterocycles. The van der Waals surface area contributed by atoms with Crippen molar-refractivity contribution < 1.29 is 23.1 Å². The quantitative estimate of drug-likeness (QED) is 0.801. The number of benzene rings is 1. The molecule has 0 unspecified atom stereocenters. The number of aromatic nitrogens is 1. The standard InChI is InChI=1S/C12H11F3N2O2/c13-12(14,15)10-7(5-8(16)11(18)19)6-3-1-2-4-9(6)17-10/h1-4,8,17H,5,16H2,(H,18,19)/t8-/m0/s1. The van der Waals surface area contributed by atoms with E-state index in [4.69, 9.17) is 10.8 Å². The van der Waals surface area contributed by atoms with Gasteiger partial charge in [-0.2, -0.15) is 13.2 Å². The molecule has 1 aromatic heterocycles. The van der Waals surface area contributed by atoms with Crippen LogP contribution >= 0.6 is 0 Å². The first-order valence-corrected chi connectivity index (χ1v) is 5.46. The fraction of sp³-hybridized carbons (Fsp3) is 0.250. The van der Waals surface area contributed by atoms with Crippen LogP contribution in [0.5, 0.6) is 0 Å². The normalized spacial score (nSPS) is 13.7. The number of carboxylic acid groups (broad SMARTS) is 1. The van der Waals surface area contributed by atoms with Gasteiger partial charge in [0.25, 0.3) is 0 Å². The zero-order chi connectivity index (χ0) is 14.2. The first-order valence-electron chi connectivity index (χ1n) is 5.46. The average Bonchev–Trinajstić information content (AvgIpc) is 2.68. The van der Waals surface area contributed by atoms with Gasteiger partial charge >= 0.3 is 12.1 Å². The number of hydrogen-bond acceptors (Lipinski definition) is 2. The molecule has 0 fully saturated rings. The van der Waals surface area contributed by atoms with Crippen LogP contribution in [0.15, 0.2) is 24.3 Å². The molecule has 1 aromatic carbocycles. The highest BCUT2D eigenvalue weighted by Gasteiger charge is 2.37. The summed E-state index contributed by atoms with van der Waals surface area (Å²) in [7, 11) is 0. The molecule has 4 N–H and O–H groups in total. The fourth-order valence-corrected chi connectivity index (χ4v) is 1.96. The molecular formula is C12H11F3N2O2. The second kappa shape index (κ2) is 4.58. The van der Waals surface area contributed by atoms with Crippen LogP contribution in [0.2, 0.25) is 0 Å². The van der Waals surface area contributed by atoms with Crippen molar-refractivity contribution in [2.24, 2.45) is 5.73 Å². The van der Waals surface area contributed by atoms with E-state index in [9.17, 15) is 18.0 Å². The number of halogens is 3. The molecule has 1 heterocycles. The lowest BCUT2D eigenvalue weighted by atomic mass is 10.0. The summed E-state index contributed by atoms with van der Waals surface area (Å²) in [5, 5.41) is 9.07. The van der Waals surface area contributed by atoms with E-state index in [1.165, 1.54) is 12.1 Å². The van der Waals surface area contributed by atoms with E-state index < -0.39 is 23.9 Å². The van der Waals surface area contributed by atoms with Gasteiger partial charge in [-0.05, 0) is 11.6 Å². The number of aliphatic carboxylic acids is 1. The molecule has 102 valence electrons. The Morgan fingerprint density at radius 2 is 2.00 bits per heavy atom. The highest BCUT2D eigenvalue weighted by atomic mass is 19.4. The van der Waals surface area contributed by atoms with Crippen molar-refractivity contribution >= 4 is 16.9 Å². The number of nitrogens with one attached hydrogen (secondary N) is 1. The van der Waals surface area contributed by atoms with Crippen molar-refractivity contribution in [1.82, 2.24) is 4.98 Å². The van der Waals surface area contributed by atoms with E-state index in [0.29, 0.717) is 10.9 Å². The Hall–Kier alpha value is -2.02. The SMILES string of the molecule is N[C@@H](Cc1c(C(F)(F)F)[nH]c2ccccc12)C(=O)O. The Bertz CT molecular complexity index is 619. The first-order chi connectivity index (χ1) is 8.80. The van der Waals surface area contributed by atoms with E-state index in [-0.39, 0.29) is 12.0 Å². The molecule has 0 saturated carbocycles. The van der Waals surface area contributed by atoms with Crippen LogP contribution in [0.25, 0.3) is 10.9 Å². The maximum Gasteiger partial charge on any atom is 0.431 e. The van der Waals surface area contributed by atoms with Gasteiger partial charge in [0.1, 0.15) is 11.7 Å². The molecule has 0 aliphatic carbocycles. The molecule has 0 aliphatic rings. The molecule has 19 heavy (non-hydrogen) atoms. The summed E-state index contributed by atoms with van der Waals surface area (Å²) >= 11 is 0. The number of aromatic amines is 1. The lowest BCUT2D eigenvalue weighted by Gasteiger charge is -2.10. The van der Waals surface area contributed by atoms with Gasteiger partial charge in [0.05, 0.1) is 0 Å². The molecule has 4 nitrogen and oxygen atoms in total. The highest BCUT2D eigenvalue weighted by Crippen LogP contribution is 2.35. The number of carboxylic acids is 1. The highest BCUT2D eigenvalue weighted by molar-refractivity contribution is 5.86. The second-order valence-corrected chi connectivity index (χ2v) is 4.17. The summed E-state index contributed by atoms with van der Waals surface area (Å²) in [6.07, 6.45) is -4.96. The molecule has 0 amide bonds. The van der Waals surface area contributed by atoms with Crippen molar-refractivity contribution in [3.63, 3.8) is 0 Å². The number of H-pyrrole nitrogens is 1. The number of alkyl halides is 3. The van der Waals surface area contributed by atoms with Crippen LogP contribution in [0.1, 0.15) is 11.3 Å². The molecule has 2 aromatic rings. The number of fused-ring (bicyclic) bond motifs is 1. The van der Waals surface area contributed by atoms with Gasteiger partial charge < -0.3 is 15.8 Å². The largest absolute Gasteiger partial charge is 0.480 e. The smallest absolute Gasteiger partial charge is 0.431 e. The van der Waals surface area contributed by atoms with Gasteiger partial charge in [0.15, 0.2) is 0 Å². The second-order valence-electron chi connectivity index (χ2n) is 4.17. The van der Waals surface area contributed by atoms with Crippen LogP contribution in [-0.4, -0.2) is 22.1 Å². The van der Waals surface area contributed by atoms with Crippen molar-refractivity contribution in [3.8, 4) is 0 Å². The lowest BCUT2D eigenvalue weighted by molar-refractivity contribution is -0.142. The lowest BCUT2D eigenvalue weighted by Crippen LogP contribution is -2.32. The van der Waals surface area contributed by atoms with Gasteiger partial charge in [-0.15, -0.1) is 0 Å². The molecule has 0 radical (unpaired) electrons. The number of nitrogens with two attached hydrogens (primary N) is 1. The van der Waals surface area contributed by atoms with E-state index >= 15 is 0 Å². The van der Waals surface area contributed by atoms with Crippen molar-refractivity contribution in [1.29, 1.82) is 0 Å². The van der Waals surface area contributed by atoms with E-state index in [1.807, 2.05) is 0 Å². The monoisotopic (exact) mass is 272 g/mol. The van der Waals surface area contributed by atoms with Gasteiger partial charge in [-0.25, -0.2) is 0 Å². The van der Waals surface area contributed by atoms with Gasteiger partial charge in [-0.1, -0.05) is 18.2 Å². The van der Waals surface area contributed by atoms with Crippen LogP contribution in [0, 0.1) is 0 Å². The number of para-hydroxylation sites is 1. The van der Waals surface area contributed by atoms with Crippen LogP contribution in [0.4, 0.5) is 13.2 Å². The third-order valence-corrected chi connectivity index (χ3v) is 2.84. The van der Waals surface area contributed by atoms with Gasteiger partial charge in [-0.3, -0.25) is 4.79 Å².